The molecule has 216 valence electrons. The van der Waals surface area contributed by atoms with Gasteiger partial charge in [-0.05, 0) is 37.6 Å². The molecule has 3 aromatic rings. The van der Waals surface area contributed by atoms with Gasteiger partial charge in [0.05, 0.1) is 19.4 Å². The molecular formula is C25H28F2N4O8S. The zero-order valence-corrected chi connectivity index (χ0v) is 22.7. The van der Waals surface area contributed by atoms with Crippen LogP contribution in [-0.2, 0) is 19.3 Å². The predicted octanol–water partition coefficient (Wildman–Crippen LogP) is 4.52. The number of ether oxygens (including phenoxy) is 4. The number of carbonyl (C=O) groups is 2. The lowest BCUT2D eigenvalue weighted by molar-refractivity contribution is -0.142. The Balaban J connectivity index is 1.81. The van der Waals surface area contributed by atoms with Crippen LogP contribution in [0.4, 0.5) is 19.4 Å². The van der Waals surface area contributed by atoms with Crippen LogP contribution in [0.25, 0.3) is 0 Å². The number of anilines is 1. The number of pyridine rings is 1. The number of halogens is 2. The van der Waals surface area contributed by atoms with E-state index < -0.39 is 41.2 Å². The summed E-state index contributed by atoms with van der Waals surface area (Å²) in [5.41, 5.74) is 0.0373. The zero-order valence-electron chi connectivity index (χ0n) is 21.9. The molecule has 0 saturated heterocycles. The van der Waals surface area contributed by atoms with Crippen molar-refractivity contribution in [1.29, 1.82) is 0 Å². The number of nitrogens with zero attached hydrogens (tertiary/aromatic N) is 3. The third kappa shape index (κ3) is 9.27. The number of rotatable bonds is 13. The Labute approximate surface area is 229 Å². The molecule has 0 aliphatic heterocycles. The van der Waals surface area contributed by atoms with Gasteiger partial charge in [0.15, 0.2) is 20.7 Å². The summed E-state index contributed by atoms with van der Waals surface area (Å²) in [4.78, 5) is 28.9. The first-order valence-electron chi connectivity index (χ1n) is 12.0. The minimum absolute atomic E-state index is 0.0373. The van der Waals surface area contributed by atoms with Crippen LogP contribution in [-0.4, -0.2) is 67.4 Å². The van der Waals surface area contributed by atoms with Gasteiger partial charge in [-0.1, -0.05) is 13.3 Å². The molecule has 1 atom stereocenters. The first-order valence-corrected chi connectivity index (χ1v) is 13.9. The molecule has 1 amide bonds. The van der Waals surface area contributed by atoms with Crippen LogP contribution in [0.15, 0.2) is 53.8 Å². The maximum atomic E-state index is 13.0. The Hall–Kier alpha value is -4.11. The van der Waals surface area contributed by atoms with E-state index in [1.165, 1.54) is 55.7 Å². The van der Waals surface area contributed by atoms with Crippen molar-refractivity contribution in [3.05, 3.63) is 54.4 Å². The fourth-order valence-corrected chi connectivity index (χ4v) is 3.70. The highest BCUT2D eigenvalue weighted by molar-refractivity contribution is 7.90. The van der Waals surface area contributed by atoms with Gasteiger partial charge in [-0.2, -0.15) is 13.5 Å². The van der Waals surface area contributed by atoms with Gasteiger partial charge in [-0.15, -0.1) is 5.10 Å². The highest BCUT2D eigenvalue weighted by Crippen LogP contribution is 2.29. The molecule has 2 aromatic heterocycles. The highest BCUT2D eigenvalue weighted by Gasteiger charge is 2.17. The first kappa shape index (κ1) is 30.4. The van der Waals surface area contributed by atoms with Gasteiger partial charge in [-0.25, -0.2) is 18.2 Å². The van der Waals surface area contributed by atoms with E-state index >= 15 is 0 Å². The van der Waals surface area contributed by atoms with Gasteiger partial charge in [-0.3, -0.25) is 4.79 Å². The van der Waals surface area contributed by atoms with E-state index in [2.05, 4.69) is 20.1 Å². The number of aromatic nitrogens is 3. The maximum Gasteiger partial charge on any atom is 0.434 e. The number of sulfone groups is 1. The summed E-state index contributed by atoms with van der Waals surface area (Å²) in [6.07, 6.45) is 3.57. The molecule has 0 bridgehead atoms. The topological polar surface area (TPSA) is 148 Å². The summed E-state index contributed by atoms with van der Waals surface area (Å²) in [5, 5.41) is 6.38. The number of carbonyl (C=O) groups excluding carboxylic acids is 2. The molecular weight excluding hydrogens is 554 g/mol. The molecule has 0 aliphatic carbocycles. The van der Waals surface area contributed by atoms with E-state index in [1.54, 1.807) is 0 Å². The molecule has 0 fully saturated rings. The molecule has 0 radical (unpaired) electrons. The fraction of sp³-hybridized carbons (Fsp3) is 0.360. The molecule has 40 heavy (non-hydrogen) atoms. The summed E-state index contributed by atoms with van der Waals surface area (Å²) in [7, 11) is -3.52. The van der Waals surface area contributed by atoms with Crippen molar-refractivity contribution < 1.29 is 45.7 Å². The van der Waals surface area contributed by atoms with Gasteiger partial charge in [0.25, 0.3) is 5.91 Å². The monoisotopic (exact) mass is 582 g/mol. The average Bonchev–Trinajstić information content (AvgIpc) is 3.36. The number of unbranched alkanes of at least 4 members (excludes halogenated alkanes) is 1. The Morgan fingerprint density at radius 1 is 1.10 bits per heavy atom. The van der Waals surface area contributed by atoms with Gasteiger partial charge in [0.2, 0.25) is 0 Å². The lowest BCUT2D eigenvalue weighted by Crippen LogP contribution is -2.21. The third-order valence-corrected chi connectivity index (χ3v) is 6.00. The lowest BCUT2D eigenvalue weighted by Gasteiger charge is -2.17. The molecule has 1 N–H and O–H groups in total. The largest absolute Gasteiger partial charge is 0.488 e. The average molecular weight is 583 g/mol. The molecule has 3 rings (SSSR count). The van der Waals surface area contributed by atoms with Gasteiger partial charge >= 0.3 is 12.7 Å². The molecule has 15 heteroatoms. The van der Waals surface area contributed by atoms with Crippen molar-refractivity contribution in [2.45, 2.75) is 44.4 Å². The van der Waals surface area contributed by atoms with Crippen molar-refractivity contribution >= 4 is 27.7 Å². The molecule has 0 saturated carbocycles. The van der Waals surface area contributed by atoms with E-state index in [0.717, 1.165) is 17.4 Å². The van der Waals surface area contributed by atoms with Crippen LogP contribution >= 0.6 is 0 Å². The molecule has 0 aliphatic rings. The molecule has 12 nitrogen and oxygen atoms in total. The van der Waals surface area contributed by atoms with E-state index in [4.69, 9.17) is 14.2 Å². The van der Waals surface area contributed by atoms with Crippen LogP contribution in [0.5, 0.6) is 17.2 Å². The second kappa shape index (κ2) is 13.8. The number of amides is 1. The first-order chi connectivity index (χ1) is 18.9. The van der Waals surface area contributed by atoms with Gasteiger partial charge in [0, 0.05) is 30.1 Å². The molecule has 2 heterocycles. The molecule has 0 spiro atoms. The summed E-state index contributed by atoms with van der Waals surface area (Å²) in [5.74, 6) is -0.236. The summed E-state index contributed by atoms with van der Waals surface area (Å²) in [6.45, 7) is 0.283. The SMILES string of the molecule is CCCCOC(=O)n1ccc(NC(=O)c2cc(Oc3ccc(S(C)(=O)=O)nc3)cc(O[C@@H](C)COC(F)F)c2)n1. The number of benzene rings is 1. The van der Waals surface area contributed by atoms with Gasteiger partial charge in [0.1, 0.15) is 23.4 Å². The minimum atomic E-state index is -3.52. The highest BCUT2D eigenvalue weighted by atomic mass is 32.2. The molecule has 0 unspecified atom stereocenters. The van der Waals surface area contributed by atoms with Crippen molar-refractivity contribution in [2.75, 3.05) is 24.8 Å². The Morgan fingerprint density at radius 2 is 1.85 bits per heavy atom. The maximum absolute atomic E-state index is 13.0. The van der Waals surface area contributed by atoms with E-state index in [9.17, 15) is 26.8 Å². The number of hydrogen-bond donors (Lipinski definition) is 1. The fourth-order valence-electron chi connectivity index (χ4n) is 3.14. The Kier molecular flexibility index (Phi) is 10.5. The second-order valence-electron chi connectivity index (χ2n) is 8.49. The van der Waals surface area contributed by atoms with Crippen LogP contribution < -0.4 is 14.8 Å². The zero-order chi connectivity index (χ0) is 29.3. The van der Waals surface area contributed by atoms with E-state index in [0.29, 0.717) is 6.42 Å². The van der Waals surface area contributed by atoms with Crippen molar-refractivity contribution in [3.63, 3.8) is 0 Å². The number of nitrogens with one attached hydrogen (secondary N) is 1. The number of hydrogen-bond acceptors (Lipinski definition) is 10. The lowest BCUT2D eigenvalue weighted by atomic mass is 10.2. The minimum Gasteiger partial charge on any atom is -0.488 e. The van der Waals surface area contributed by atoms with Crippen LogP contribution in [0.1, 0.15) is 37.0 Å². The molecule has 1 aromatic carbocycles. The van der Waals surface area contributed by atoms with Crippen LogP contribution in [0.2, 0.25) is 0 Å². The van der Waals surface area contributed by atoms with E-state index in [1.807, 2.05) is 6.92 Å². The van der Waals surface area contributed by atoms with Crippen molar-refractivity contribution in [1.82, 2.24) is 14.8 Å². The number of alkyl halides is 2. The van der Waals surface area contributed by atoms with Crippen LogP contribution in [0.3, 0.4) is 0 Å². The normalized spacial score (nSPS) is 12.2. The van der Waals surface area contributed by atoms with E-state index in [-0.39, 0.29) is 40.3 Å². The smallest absolute Gasteiger partial charge is 0.434 e. The van der Waals surface area contributed by atoms with Crippen molar-refractivity contribution in [3.8, 4) is 17.2 Å². The van der Waals surface area contributed by atoms with Gasteiger partial charge < -0.3 is 24.3 Å². The quantitative estimate of drug-likeness (QED) is 0.285. The summed E-state index contributed by atoms with van der Waals surface area (Å²) >= 11 is 0. The third-order valence-electron chi connectivity index (χ3n) is 5.00. The second-order valence-corrected chi connectivity index (χ2v) is 10.5. The van der Waals surface area contributed by atoms with Crippen LogP contribution in [0, 0.1) is 0 Å². The Bertz CT molecular complexity index is 1410. The van der Waals surface area contributed by atoms with Crippen molar-refractivity contribution in [2.24, 2.45) is 0 Å². The predicted molar refractivity (Wildman–Crippen MR) is 138 cm³/mol. The standard InChI is InChI=1S/C25H28F2N4O8S/c1-4-5-10-36-25(33)31-9-8-21(30-31)29-23(32)17-11-19(38-16(2)15-37-24(26)27)13-20(12-17)39-18-6-7-22(28-14-18)40(3,34)35/h6-9,11-14,16,24H,4-5,10,15H2,1-3H3,(H,29,30,32)/t16-/m0/s1. The summed E-state index contributed by atoms with van der Waals surface area (Å²) < 4.78 is 69.8. The Morgan fingerprint density at radius 3 is 2.50 bits per heavy atom. The summed E-state index contributed by atoms with van der Waals surface area (Å²) in [6, 6.07) is 8.15.